The molecule has 0 amide bonds. The molecule has 2 unspecified atom stereocenters. The van der Waals surface area contributed by atoms with Crippen LogP contribution in [0.25, 0.3) is 0 Å². The van der Waals surface area contributed by atoms with Gasteiger partial charge in [0.05, 0.1) is 0 Å². The van der Waals surface area contributed by atoms with Crippen molar-refractivity contribution < 1.29 is 4.74 Å². The van der Waals surface area contributed by atoms with Gasteiger partial charge in [-0.15, -0.1) is 0 Å². The Bertz CT molecular complexity index is 333. The molecule has 2 N–H and O–H groups in total. The molecule has 94 valence electrons. The number of benzene rings is 1. The molecular formula is C15H23NO. The number of hydrogen-bond donors (Lipinski definition) is 1. The fourth-order valence-corrected chi connectivity index (χ4v) is 2.47. The van der Waals surface area contributed by atoms with Crippen LogP contribution in [0.4, 0.5) is 0 Å². The van der Waals surface area contributed by atoms with E-state index in [0.29, 0.717) is 0 Å². The van der Waals surface area contributed by atoms with E-state index >= 15 is 0 Å². The van der Waals surface area contributed by atoms with Crippen molar-refractivity contribution in [2.75, 3.05) is 0 Å². The van der Waals surface area contributed by atoms with E-state index in [4.69, 9.17) is 10.5 Å². The van der Waals surface area contributed by atoms with Gasteiger partial charge in [-0.05, 0) is 43.4 Å². The molecule has 0 radical (unpaired) electrons. The van der Waals surface area contributed by atoms with Gasteiger partial charge >= 0.3 is 0 Å². The molecule has 1 fully saturated rings. The van der Waals surface area contributed by atoms with Crippen LogP contribution in [0.3, 0.4) is 0 Å². The lowest BCUT2D eigenvalue weighted by Crippen LogP contribution is -2.41. The fourth-order valence-electron chi connectivity index (χ4n) is 2.47. The Morgan fingerprint density at radius 1 is 1.18 bits per heavy atom. The maximum atomic E-state index is 6.08. The van der Waals surface area contributed by atoms with E-state index in [1.54, 1.807) is 0 Å². The molecule has 0 spiro atoms. The Hall–Kier alpha value is -1.02. The molecule has 17 heavy (non-hydrogen) atoms. The largest absolute Gasteiger partial charge is 0.489 e. The van der Waals surface area contributed by atoms with E-state index in [-0.39, 0.29) is 12.1 Å². The van der Waals surface area contributed by atoms with Gasteiger partial charge in [-0.2, -0.15) is 0 Å². The van der Waals surface area contributed by atoms with E-state index in [2.05, 4.69) is 31.2 Å². The van der Waals surface area contributed by atoms with Crippen molar-refractivity contribution in [2.24, 2.45) is 5.73 Å². The summed E-state index contributed by atoms with van der Waals surface area (Å²) in [6, 6.07) is 8.68. The maximum Gasteiger partial charge on any atom is 0.119 e. The zero-order valence-corrected chi connectivity index (χ0v) is 10.7. The third-order valence-electron chi connectivity index (χ3n) is 3.50. The predicted molar refractivity (Wildman–Crippen MR) is 71.3 cm³/mol. The van der Waals surface area contributed by atoms with Crippen LogP contribution in [-0.2, 0) is 6.42 Å². The number of aryl methyl sites for hydroxylation is 1. The Kier molecular flexibility index (Phi) is 4.43. The summed E-state index contributed by atoms with van der Waals surface area (Å²) in [5.41, 5.74) is 7.46. The van der Waals surface area contributed by atoms with E-state index in [9.17, 15) is 0 Å². The van der Waals surface area contributed by atoms with Gasteiger partial charge in [0.2, 0.25) is 0 Å². The van der Waals surface area contributed by atoms with Gasteiger partial charge in [-0.25, -0.2) is 0 Å². The topological polar surface area (TPSA) is 35.2 Å². The fraction of sp³-hybridized carbons (Fsp3) is 0.600. The minimum atomic E-state index is 0.207. The van der Waals surface area contributed by atoms with Crippen LogP contribution in [0.2, 0.25) is 0 Å². The Morgan fingerprint density at radius 3 is 2.53 bits per heavy atom. The van der Waals surface area contributed by atoms with E-state index < -0.39 is 0 Å². The highest BCUT2D eigenvalue weighted by Gasteiger charge is 2.23. The van der Waals surface area contributed by atoms with E-state index in [1.807, 2.05) is 0 Å². The lowest BCUT2D eigenvalue weighted by Gasteiger charge is -2.29. The summed E-state index contributed by atoms with van der Waals surface area (Å²) in [7, 11) is 0. The van der Waals surface area contributed by atoms with Gasteiger partial charge in [0.1, 0.15) is 11.9 Å². The SMILES string of the molecule is CCCc1ccc(OC2CCCCC2N)cc1. The van der Waals surface area contributed by atoms with Gasteiger partial charge in [0.15, 0.2) is 0 Å². The van der Waals surface area contributed by atoms with Crippen molar-refractivity contribution in [2.45, 2.75) is 57.6 Å². The highest BCUT2D eigenvalue weighted by Crippen LogP contribution is 2.23. The molecule has 0 heterocycles. The van der Waals surface area contributed by atoms with Crippen LogP contribution in [-0.4, -0.2) is 12.1 Å². The first-order valence-electron chi connectivity index (χ1n) is 6.81. The summed E-state index contributed by atoms with van der Waals surface area (Å²) in [4.78, 5) is 0. The smallest absolute Gasteiger partial charge is 0.119 e. The molecule has 2 heteroatoms. The van der Waals surface area contributed by atoms with Crippen molar-refractivity contribution in [1.29, 1.82) is 0 Å². The summed E-state index contributed by atoms with van der Waals surface area (Å²) in [6.45, 7) is 2.20. The molecule has 2 rings (SSSR count). The van der Waals surface area contributed by atoms with Crippen molar-refractivity contribution in [3.63, 3.8) is 0 Å². The van der Waals surface area contributed by atoms with E-state index in [1.165, 1.54) is 24.8 Å². The van der Waals surface area contributed by atoms with Crippen LogP contribution in [0, 0.1) is 0 Å². The highest BCUT2D eigenvalue weighted by atomic mass is 16.5. The predicted octanol–water partition coefficient (Wildman–Crippen LogP) is 3.29. The summed E-state index contributed by atoms with van der Waals surface area (Å²) in [6.07, 6.45) is 7.22. The monoisotopic (exact) mass is 233 g/mol. The van der Waals surface area contributed by atoms with Gasteiger partial charge in [0, 0.05) is 6.04 Å². The molecule has 0 aliphatic heterocycles. The quantitative estimate of drug-likeness (QED) is 0.866. The normalized spacial score (nSPS) is 24.6. The molecule has 0 aromatic heterocycles. The first kappa shape index (κ1) is 12.4. The average Bonchev–Trinajstić information content (AvgIpc) is 2.35. The zero-order chi connectivity index (χ0) is 12.1. The summed E-state index contributed by atoms with van der Waals surface area (Å²) < 4.78 is 5.98. The average molecular weight is 233 g/mol. The third-order valence-corrected chi connectivity index (χ3v) is 3.50. The molecule has 1 aliphatic rings. The third kappa shape index (κ3) is 3.47. The Balaban J connectivity index is 1.93. The van der Waals surface area contributed by atoms with E-state index in [0.717, 1.165) is 25.0 Å². The molecular weight excluding hydrogens is 210 g/mol. The molecule has 2 nitrogen and oxygen atoms in total. The minimum absolute atomic E-state index is 0.207. The molecule has 0 saturated heterocycles. The van der Waals surface area contributed by atoms with Crippen LogP contribution in [0.1, 0.15) is 44.6 Å². The van der Waals surface area contributed by atoms with Gasteiger partial charge in [-0.3, -0.25) is 0 Å². The van der Waals surface area contributed by atoms with Gasteiger partial charge < -0.3 is 10.5 Å². The second-order valence-electron chi connectivity index (χ2n) is 5.00. The second kappa shape index (κ2) is 6.06. The Labute approximate surface area is 104 Å². The van der Waals surface area contributed by atoms with Crippen molar-refractivity contribution in [3.05, 3.63) is 29.8 Å². The molecule has 1 aromatic carbocycles. The lowest BCUT2D eigenvalue weighted by molar-refractivity contribution is 0.132. The first-order valence-corrected chi connectivity index (χ1v) is 6.81. The van der Waals surface area contributed by atoms with Crippen molar-refractivity contribution in [1.82, 2.24) is 0 Å². The van der Waals surface area contributed by atoms with Crippen LogP contribution in [0.15, 0.2) is 24.3 Å². The van der Waals surface area contributed by atoms with Crippen LogP contribution >= 0.6 is 0 Å². The molecule has 1 aromatic rings. The summed E-state index contributed by atoms with van der Waals surface area (Å²) in [5.74, 6) is 0.965. The summed E-state index contributed by atoms with van der Waals surface area (Å²) in [5, 5.41) is 0. The van der Waals surface area contributed by atoms with Crippen LogP contribution < -0.4 is 10.5 Å². The summed E-state index contributed by atoms with van der Waals surface area (Å²) >= 11 is 0. The number of ether oxygens (including phenoxy) is 1. The van der Waals surface area contributed by atoms with Gasteiger partial charge in [-0.1, -0.05) is 31.9 Å². The van der Waals surface area contributed by atoms with Crippen molar-refractivity contribution in [3.8, 4) is 5.75 Å². The molecule has 2 atom stereocenters. The minimum Gasteiger partial charge on any atom is -0.489 e. The molecule has 0 bridgehead atoms. The standard InChI is InChI=1S/C15H23NO/c1-2-5-12-8-10-13(11-9-12)17-15-7-4-3-6-14(15)16/h8-11,14-15H,2-7,16H2,1H3. The zero-order valence-electron chi connectivity index (χ0n) is 10.7. The van der Waals surface area contributed by atoms with Gasteiger partial charge in [0.25, 0.3) is 0 Å². The maximum absolute atomic E-state index is 6.08. The number of rotatable bonds is 4. The number of hydrogen-bond acceptors (Lipinski definition) is 2. The van der Waals surface area contributed by atoms with Crippen LogP contribution in [0.5, 0.6) is 5.75 Å². The second-order valence-corrected chi connectivity index (χ2v) is 5.00. The molecule has 1 saturated carbocycles. The Morgan fingerprint density at radius 2 is 1.88 bits per heavy atom. The lowest BCUT2D eigenvalue weighted by atomic mass is 9.93. The van der Waals surface area contributed by atoms with Crippen molar-refractivity contribution >= 4 is 0 Å². The highest BCUT2D eigenvalue weighted by molar-refractivity contribution is 5.27. The first-order chi connectivity index (χ1) is 8.29. The number of nitrogens with two attached hydrogens (primary N) is 1. The molecule has 1 aliphatic carbocycles.